The van der Waals surface area contributed by atoms with Gasteiger partial charge in [-0.3, -0.25) is 0 Å². The third-order valence-corrected chi connectivity index (χ3v) is 4.21. The molecule has 0 aromatic heterocycles. The van der Waals surface area contributed by atoms with Crippen LogP contribution < -0.4 is 9.47 Å². The van der Waals surface area contributed by atoms with Crippen molar-refractivity contribution in [2.45, 2.75) is 5.92 Å². The van der Waals surface area contributed by atoms with Crippen LogP contribution in [0.5, 0.6) is 23.0 Å². The minimum Gasteiger partial charge on any atom is -0.457 e. The molecular weight excluding hydrogens is 260 g/mol. The van der Waals surface area contributed by atoms with Crippen LogP contribution in [0.1, 0.15) is 22.6 Å². The van der Waals surface area contributed by atoms with Crippen molar-refractivity contribution < 1.29 is 9.47 Å². The molecule has 0 radical (unpaired) electrons. The molecule has 21 heavy (non-hydrogen) atoms. The van der Waals surface area contributed by atoms with Crippen molar-refractivity contribution in [3.8, 4) is 23.0 Å². The van der Waals surface area contributed by atoms with Crippen LogP contribution in [-0.4, -0.2) is 0 Å². The lowest BCUT2D eigenvalue weighted by Gasteiger charge is -2.34. The summed E-state index contributed by atoms with van der Waals surface area (Å²) in [6.07, 6.45) is 0. The first-order chi connectivity index (χ1) is 10.4. The van der Waals surface area contributed by atoms with Crippen molar-refractivity contribution in [1.82, 2.24) is 0 Å². The van der Waals surface area contributed by atoms with Crippen LogP contribution in [0.2, 0.25) is 0 Å². The van der Waals surface area contributed by atoms with Crippen LogP contribution in [0.25, 0.3) is 0 Å². The highest BCUT2D eigenvalue weighted by Gasteiger charge is 2.36. The molecule has 2 aliphatic heterocycles. The van der Waals surface area contributed by atoms with Crippen molar-refractivity contribution in [1.29, 1.82) is 0 Å². The molecule has 2 nitrogen and oxygen atoms in total. The van der Waals surface area contributed by atoms with E-state index in [0.717, 1.165) is 28.6 Å². The molecule has 3 aromatic carbocycles. The Labute approximate surface area is 122 Å². The SMILES string of the molecule is c1ccc2c(c1)Oc1cccc3c1C2c1ccccc1O3. The maximum atomic E-state index is 6.06. The Hall–Kier alpha value is -2.74. The Morgan fingerprint density at radius 1 is 0.524 bits per heavy atom. The number of hydrogen-bond acceptors (Lipinski definition) is 2. The zero-order valence-corrected chi connectivity index (χ0v) is 11.2. The Balaban J connectivity index is 1.88. The van der Waals surface area contributed by atoms with Crippen molar-refractivity contribution in [2.24, 2.45) is 0 Å². The number of para-hydroxylation sites is 2. The van der Waals surface area contributed by atoms with Crippen molar-refractivity contribution in [2.75, 3.05) is 0 Å². The fraction of sp³-hybridized carbons (Fsp3) is 0.0526. The molecule has 100 valence electrons. The highest BCUT2D eigenvalue weighted by molar-refractivity contribution is 5.67. The molecule has 0 saturated heterocycles. The van der Waals surface area contributed by atoms with Gasteiger partial charge in [0.15, 0.2) is 0 Å². The van der Waals surface area contributed by atoms with E-state index in [2.05, 4.69) is 24.3 Å². The Bertz CT molecular complexity index is 799. The third kappa shape index (κ3) is 1.42. The zero-order valence-electron chi connectivity index (χ0n) is 11.2. The van der Waals surface area contributed by atoms with Crippen LogP contribution in [0.15, 0.2) is 66.7 Å². The predicted molar refractivity (Wildman–Crippen MR) is 80.4 cm³/mol. The van der Waals surface area contributed by atoms with Gasteiger partial charge in [-0.05, 0) is 24.3 Å². The molecule has 0 bridgehead atoms. The maximum Gasteiger partial charge on any atom is 0.135 e. The number of hydrogen-bond donors (Lipinski definition) is 0. The second-order valence-corrected chi connectivity index (χ2v) is 5.38. The highest BCUT2D eigenvalue weighted by Crippen LogP contribution is 2.55. The monoisotopic (exact) mass is 272 g/mol. The van der Waals surface area contributed by atoms with Gasteiger partial charge in [-0.1, -0.05) is 42.5 Å². The number of rotatable bonds is 0. The summed E-state index contributed by atoms with van der Waals surface area (Å²) in [6, 6.07) is 22.5. The molecular formula is C19H12O2. The largest absolute Gasteiger partial charge is 0.457 e. The van der Waals surface area contributed by atoms with Gasteiger partial charge in [0.2, 0.25) is 0 Å². The summed E-state index contributed by atoms with van der Waals surface area (Å²) in [6.45, 7) is 0. The minimum absolute atomic E-state index is 0.186. The molecule has 0 fully saturated rings. The van der Waals surface area contributed by atoms with Crippen LogP contribution in [0.4, 0.5) is 0 Å². The van der Waals surface area contributed by atoms with E-state index in [1.807, 2.05) is 42.5 Å². The Morgan fingerprint density at radius 2 is 1.00 bits per heavy atom. The lowest BCUT2D eigenvalue weighted by atomic mass is 9.80. The first-order valence-corrected chi connectivity index (χ1v) is 7.08. The highest BCUT2D eigenvalue weighted by atomic mass is 16.5. The van der Waals surface area contributed by atoms with Crippen LogP contribution >= 0.6 is 0 Å². The Morgan fingerprint density at radius 3 is 1.57 bits per heavy atom. The van der Waals surface area contributed by atoms with E-state index >= 15 is 0 Å². The standard InChI is InChI=1S/C19H12O2/c1-3-8-14-12(6-1)18-13-7-2-4-9-15(13)21-17-11-5-10-16(20-14)19(17)18/h1-11,18H. The first-order valence-electron chi connectivity index (χ1n) is 7.08. The zero-order chi connectivity index (χ0) is 13.8. The normalized spacial score (nSPS) is 14.3. The Kier molecular flexibility index (Phi) is 2.03. The third-order valence-electron chi connectivity index (χ3n) is 4.21. The molecule has 2 heterocycles. The summed E-state index contributed by atoms with van der Waals surface area (Å²) in [7, 11) is 0. The summed E-state index contributed by atoms with van der Waals surface area (Å²) >= 11 is 0. The lowest BCUT2D eigenvalue weighted by Crippen LogP contribution is -2.16. The van der Waals surface area contributed by atoms with Crippen LogP contribution in [0, 0.1) is 0 Å². The molecule has 5 rings (SSSR count). The van der Waals surface area contributed by atoms with Gasteiger partial charge >= 0.3 is 0 Å². The lowest BCUT2D eigenvalue weighted by molar-refractivity contribution is 0.410. The molecule has 0 unspecified atom stereocenters. The number of fused-ring (bicyclic) bond motifs is 4. The number of ether oxygens (including phenoxy) is 2. The fourth-order valence-electron chi connectivity index (χ4n) is 3.33. The van der Waals surface area contributed by atoms with Gasteiger partial charge < -0.3 is 9.47 Å². The summed E-state index contributed by atoms with van der Waals surface area (Å²) in [4.78, 5) is 0. The van der Waals surface area contributed by atoms with E-state index < -0.39 is 0 Å². The van der Waals surface area contributed by atoms with Gasteiger partial charge in [0.25, 0.3) is 0 Å². The van der Waals surface area contributed by atoms with E-state index in [9.17, 15) is 0 Å². The average Bonchev–Trinajstić information content (AvgIpc) is 2.54. The van der Waals surface area contributed by atoms with E-state index in [0.29, 0.717) is 0 Å². The summed E-state index contributed by atoms with van der Waals surface area (Å²) < 4.78 is 12.1. The molecule has 0 amide bonds. The van der Waals surface area contributed by atoms with Crippen LogP contribution in [-0.2, 0) is 0 Å². The van der Waals surface area contributed by atoms with Crippen molar-refractivity contribution >= 4 is 0 Å². The predicted octanol–water partition coefficient (Wildman–Crippen LogP) is 5.08. The van der Waals surface area contributed by atoms with Crippen LogP contribution in [0.3, 0.4) is 0 Å². The van der Waals surface area contributed by atoms with Crippen molar-refractivity contribution in [3.05, 3.63) is 83.4 Å². The second-order valence-electron chi connectivity index (χ2n) is 5.38. The molecule has 0 atom stereocenters. The molecule has 3 aromatic rings. The van der Waals surface area contributed by atoms with Gasteiger partial charge in [-0.25, -0.2) is 0 Å². The fourth-order valence-corrected chi connectivity index (χ4v) is 3.33. The number of benzene rings is 3. The van der Waals surface area contributed by atoms with Gasteiger partial charge in [-0.15, -0.1) is 0 Å². The molecule has 0 spiro atoms. The molecule has 0 aliphatic carbocycles. The molecule has 2 aliphatic rings. The van der Waals surface area contributed by atoms with Crippen molar-refractivity contribution in [3.63, 3.8) is 0 Å². The minimum atomic E-state index is 0.186. The smallest absolute Gasteiger partial charge is 0.135 e. The summed E-state index contributed by atoms with van der Waals surface area (Å²) in [5.74, 6) is 3.84. The maximum absolute atomic E-state index is 6.06. The van der Waals surface area contributed by atoms with Gasteiger partial charge in [0.05, 0.1) is 0 Å². The topological polar surface area (TPSA) is 18.5 Å². The molecule has 2 heteroatoms. The van der Waals surface area contributed by atoms with E-state index in [1.165, 1.54) is 11.1 Å². The average molecular weight is 272 g/mol. The molecule has 0 N–H and O–H groups in total. The van der Waals surface area contributed by atoms with Gasteiger partial charge in [-0.2, -0.15) is 0 Å². The molecule has 0 saturated carbocycles. The van der Waals surface area contributed by atoms with E-state index in [4.69, 9.17) is 9.47 Å². The van der Waals surface area contributed by atoms with Gasteiger partial charge in [0, 0.05) is 22.6 Å². The van der Waals surface area contributed by atoms with E-state index in [-0.39, 0.29) is 5.92 Å². The summed E-state index contributed by atoms with van der Waals surface area (Å²) in [5, 5.41) is 0. The first kappa shape index (κ1) is 11.0. The quantitative estimate of drug-likeness (QED) is 0.391. The van der Waals surface area contributed by atoms with E-state index in [1.54, 1.807) is 0 Å². The van der Waals surface area contributed by atoms with Gasteiger partial charge in [0.1, 0.15) is 23.0 Å². The second kappa shape index (κ2) is 3.89. The summed E-state index contributed by atoms with van der Waals surface area (Å²) in [5.41, 5.74) is 3.54.